The number of nitrogens with two attached hydrogens (primary N) is 1. The van der Waals surface area contributed by atoms with Crippen LogP contribution in [-0.2, 0) is 34.0 Å². The third-order valence-electron chi connectivity index (χ3n) is 5.80. The highest BCUT2D eigenvalue weighted by Crippen LogP contribution is 2.30. The van der Waals surface area contributed by atoms with Gasteiger partial charge in [0.25, 0.3) is 0 Å². The van der Waals surface area contributed by atoms with Crippen LogP contribution < -0.4 is 20.5 Å². The fourth-order valence-corrected chi connectivity index (χ4v) is 3.89. The molecule has 3 aromatic rings. The van der Waals surface area contributed by atoms with Crippen LogP contribution in [0.4, 0.5) is 0 Å². The van der Waals surface area contributed by atoms with Crippen molar-refractivity contribution >= 4 is 11.8 Å². The average molecular weight is 475 g/mol. The molecule has 1 aliphatic rings. The second kappa shape index (κ2) is 12.0. The summed E-state index contributed by atoms with van der Waals surface area (Å²) in [5.74, 6) is 0.227. The second-order valence-corrected chi connectivity index (χ2v) is 8.50. The van der Waals surface area contributed by atoms with Gasteiger partial charge in [-0.1, -0.05) is 66.7 Å². The molecule has 1 saturated heterocycles. The number of hydrogen-bond acceptors (Lipinski definition) is 5. The molecule has 0 spiro atoms. The van der Waals surface area contributed by atoms with Gasteiger partial charge in [-0.25, -0.2) is 0 Å². The molecule has 7 heteroatoms. The van der Waals surface area contributed by atoms with Crippen molar-refractivity contribution in [2.24, 2.45) is 5.73 Å². The van der Waals surface area contributed by atoms with Crippen LogP contribution in [0.5, 0.6) is 11.5 Å². The quantitative estimate of drug-likeness (QED) is 0.443. The topological polar surface area (TPSA) is 99.9 Å². The smallest absolute Gasteiger partial charge is 0.249 e. The molecule has 7 nitrogen and oxygen atoms in total. The zero-order valence-electron chi connectivity index (χ0n) is 19.5. The molecule has 2 amide bonds. The van der Waals surface area contributed by atoms with E-state index in [1.165, 1.54) is 0 Å². The van der Waals surface area contributed by atoms with Crippen molar-refractivity contribution < 1.29 is 23.8 Å². The lowest BCUT2D eigenvalue weighted by Gasteiger charge is -2.19. The Labute approximate surface area is 205 Å². The van der Waals surface area contributed by atoms with E-state index in [0.29, 0.717) is 37.7 Å². The number of rotatable bonds is 11. The van der Waals surface area contributed by atoms with Gasteiger partial charge in [-0.2, -0.15) is 0 Å². The lowest BCUT2D eigenvalue weighted by Crippen LogP contribution is -2.49. The van der Waals surface area contributed by atoms with E-state index in [2.05, 4.69) is 5.32 Å². The van der Waals surface area contributed by atoms with Crippen molar-refractivity contribution in [1.29, 1.82) is 0 Å². The van der Waals surface area contributed by atoms with Crippen LogP contribution in [0, 0.1) is 0 Å². The Bertz CT molecular complexity index is 1110. The maximum absolute atomic E-state index is 12.5. The normalized spacial score (nSPS) is 15.8. The molecule has 0 unspecified atom stereocenters. The summed E-state index contributed by atoms with van der Waals surface area (Å²) in [6.07, 6.45) is 1.16. The fourth-order valence-electron chi connectivity index (χ4n) is 3.89. The van der Waals surface area contributed by atoms with E-state index >= 15 is 0 Å². The maximum atomic E-state index is 12.5. The number of hydrogen-bond donors (Lipinski definition) is 2. The van der Waals surface area contributed by atoms with Gasteiger partial charge in [-0.3, -0.25) is 9.59 Å². The van der Waals surface area contributed by atoms with Gasteiger partial charge in [0.05, 0.1) is 0 Å². The van der Waals surface area contributed by atoms with E-state index in [4.69, 9.17) is 19.9 Å². The summed E-state index contributed by atoms with van der Waals surface area (Å²) in [7, 11) is 0. The largest absolute Gasteiger partial charge is 0.485 e. The van der Waals surface area contributed by atoms with Crippen molar-refractivity contribution in [3.8, 4) is 11.5 Å². The minimum absolute atomic E-state index is 0.231. The van der Waals surface area contributed by atoms with Crippen LogP contribution >= 0.6 is 0 Å². The van der Waals surface area contributed by atoms with Gasteiger partial charge in [0.1, 0.15) is 25.4 Å². The van der Waals surface area contributed by atoms with E-state index < -0.39 is 18.1 Å². The van der Waals surface area contributed by atoms with Gasteiger partial charge in [-0.05, 0) is 41.7 Å². The molecule has 0 bridgehead atoms. The Kier molecular flexibility index (Phi) is 8.35. The summed E-state index contributed by atoms with van der Waals surface area (Å²) >= 11 is 0. The summed E-state index contributed by atoms with van der Waals surface area (Å²) in [6.45, 7) is 1.30. The highest BCUT2D eigenvalue weighted by atomic mass is 16.5. The van der Waals surface area contributed by atoms with Crippen LogP contribution in [0.15, 0.2) is 78.9 Å². The second-order valence-electron chi connectivity index (χ2n) is 8.50. The highest BCUT2D eigenvalue weighted by molar-refractivity contribution is 5.88. The number of benzene rings is 3. The molecular formula is C28H30N2O5. The lowest BCUT2D eigenvalue weighted by molar-refractivity contribution is -0.133. The molecule has 1 heterocycles. The van der Waals surface area contributed by atoms with Gasteiger partial charge >= 0.3 is 0 Å². The third-order valence-corrected chi connectivity index (χ3v) is 5.80. The van der Waals surface area contributed by atoms with Crippen LogP contribution in [0.3, 0.4) is 0 Å². The predicted octanol–water partition coefficient (Wildman–Crippen LogP) is 3.54. The molecule has 2 atom stereocenters. The molecule has 3 aromatic carbocycles. The maximum Gasteiger partial charge on any atom is 0.249 e. The summed E-state index contributed by atoms with van der Waals surface area (Å²) in [5.41, 5.74) is 8.44. The van der Waals surface area contributed by atoms with E-state index in [1.807, 2.05) is 78.9 Å². The number of amides is 2. The molecule has 1 aliphatic heterocycles. The molecule has 0 aromatic heterocycles. The number of nitrogens with one attached hydrogen (secondary N) is 1. The number of ether oxygens (including phenoxy) is 3. The summed E-state index contributed by atoms with van der Waals surface area (Å²) < 4.78 is 17.6. The van der Waals surface area contributed by atoms with E-state index in [-0.39, 0.29) is 12.3 Å². The Morgan fingerprint density at radius 1 is 0.886 bits per heavy atom. The SMILES string of the molecule is NC(=O)[C@H](Cc1ccc(OCc2ccccc2)c(OCc2ccccc2)c1)NC(=O)[C@@H]1CCCO1. The average Bonchev–Trinajstić information content (AvgIpc) is 3.43. The molecule has 4 rings (SSSR count). The Morgan fingerprint density at radius 2 is 1.51 bits per heavy atom. The van der Waals surface area contributed by atoms with Crippen LogP contribution in [0.25, 0.3) is 0 Å². The number of carbonyl (C=O) groups is 2. The molecule has 3 N–H and O–H groups in total. The first-order valence-corrected chi connectivity index (χ1v) is 11.8. The van der Waals surface area contributed by atoms with Crippen molar-refractivity contribution in [2.45, 2.75) is 44.6 Å². The zero-order chi connectivity index (χ0) is 24.5. The Balaban J connectivity index is 1.49. The summed E-state index contributed by atoms with van der Waals surface area (Å²) in [4.78, 5) is 24.5. The third kappa shape index (κ3) is 7.07. The predicted molar refractivity (Wildman–Crippen MR) is 132 cm³/mol. The zero-order valence-corrected chi connectivity index (χ0v) is 19.5. The van der Waals surface area contributed by atoms with Crippen LogP contribution in [0.1, 0.15) is 29.5 Å². The highest BCUT2D eigenvalue weighted by Gasteiger charge is 2.27. The molecule has 0 aliphatic carbocycles. The lowest BCUT2D eigenvalue weighted by atomic mass is 10.0. The van der Waals surface area contributed by atoms with Crippen molar-refractivity contribution in [2.75, 3.05) is 6.61 Å². The van der Waals surface area contributed by atoms with Crippen molar-refractivity contribution in [3.63, 3.8) is 0 Å². The molecule has 35 heavy (non-hydrogen) atoms. The Morgan fingerprint density at radius 3 is 2.09 bits per heavy atom. The molecule has 182 valence electrons. The fraction of sp³-hybridized carbons (Fsp3) is 0.286. The minimum atomic E-state index is -0.857. The van der Waals surface area contributed by atoms with E-state index in [1.54, 1.807) is 0 Å². The molecule has 1 fully saturated rings. The standard InChI is InChI=1S/C28H30N2O5/c29-27(31)23(30-28(32)25-12-7-15-33-25)16-22-13-14-24(34-18-20-8-3-1-4-9-20)26(17-22)35-19-21-10-5-2-6-11-21/h1-6,8-11,13-14,17,23,25H,7,12,15-16,18-19H2,(H2,29,31)(H,30,32)/t23-,25-/m0/s1. The molecule has 0 saturated carbocycles. The first kappa shape index (κ1) is 24.3. The number of carbonyl (C=O) groups excluding carboxylic acids is 2. The van der Waals surface area contributed by atoms with Gasteiger partial charge in [-0.15, -0.1) is 0 Å². The van der Waals surface area contributed by atoms with Gasteiger partial charge < -0.3 is 25.3 Å². The van der Waals surface area contributed by atoms with Crippen molar-refractivity contribution in [1.82, 2.24) is 5.32 Å². The first-order valence-electron chi connectivity index (χ1n) is 11.8. The minimum Gasteiger partial charge on any atom is -0.485 e. The monoisotopic (exact) mass is 474 g/mol. The van der Waals surface area contributed by atoms with Crippen LogP contribution in [-0.4, -0.2) is 30.6 Å². The van der Waals surface area contributed by atoms with Gasteiger partial charge in [0, 0.05) is 13.0 Å². The van der Waals surface area contributed by atoms with Crippen LogP contribution in [0.2, 0.25) is 0 Å². The van der Waals surface area contributed by atoms with E-state index in [0.717, 1.165) is 23.1 Å². The molecule has 0 radical (unpaired) electrons. The van der Waals surface area contributed by atoms with Crippen molar-refractivity contribution in [3.05, 3.63) is 95.6 Å². The number of primary amides is 1. The van der Waals surface area contributed by atoms with Gasteiger partial charge in [0.15, 0.2) is 11.5 Å². The first-order chi connectivity index (χ1) is 17.1. The molecular weight excluding hydrogens is 444 g/mol. The van der Waals surface area contributed by atoms with E-state index in [9.17, 15) is 9.59 Å². The Hall–Kier alpha value is -3.84. The van der Waals surface area contributed by atoms with Gasteiger partial charge in [0.2, 0.25) is 11.8 Å². The summed E-state index contributed by atoms with van der Waals surface area (Å²) in [6, 6.07) is 24.3. The summed E-state index contributed by atoms with van der Waals surface area (Å²) in [5, 5.41) is 2.73.